The molecule has 2 rings (SSSR count). The minimum Gasteiger partial charge on any atom is -1.00 e. The summed E-state index contributed by atoms with van der Waals surface area (Å²) in [6.45, 7) is 0. The molecule has 14 heteroatoms. The molecule has 0 aliphatic carbocycles. The predicted octanol–water partition coefficient (Wildman–Crippen LogP) is -1.90. The molecule has 0 fully saturated rings. The number of sulfonamides is 1. The number of nitrogens with two attached hydrogens (primary N) is 1. The number of hydrogen-bond donors (Lipinski definition) is 4. The first-order valence-electron chi connectivity index (χ1n) is 7.65. The Hall–Kier alpha value is -1.03. The molecule has 0 saturated carbocycles. The van der Waals surface area contributed by atoms with Crippen LogP contribution in [0.4, 0.5) is 5.69 Å². The van der Waals surface area contributed by atoms with Crippen LogP contribution in [-0.4, -0.2) is 39.7 Å². The van der Waals surface area contributed by atoms with Crippen molar-refractivity contribution in [2.45, 2.75) is 21.9 Å². The quantitative estimate of drug-likeness (QED) is 0.251. The van der Waals surface area contributed by atoms with E-state index < -0.39 is 47.3 Å². The van der Waals surface area contributed by atoms with Gasteiger partial charge in [-0.15, -0.1) is 0 Å². The summed E-state index contributed by atoms with van der Waals surface area (Å²) < 4.78 is 88.6. The minimum atomic E-state index is -4.79. The number of primary sulfonamides is 1. The Morgan fingerprint density at radius 1 is 0.862 bits per heavy atom. The van der Waals surface area contributed by atoms with Crippen molar-refractivity contribution < 1.29 is 65.3 Å². The summed E-state index contributed by atoms with van der Waals surface area (Å²) in [4.78, 5) is -0.221. The number of nitrogens with one attached hydrogen (secondary N) is 1. The van der Waals surface area contributed by atoms with Gasteiger partial charge < -0.3 is 6.74 Å². The van der Waals surface area contributed by atoms with Crippen molar-refractivity contribution in [2.75, 3.05) is 5.32 Å². The second-order valence-electron chi connectivity index (χ2n) is 5.87. The molecule has 0 aromatic heterocycles. The molecule has 0 spiro atoms. The molecular weight excluding hydrogens is 455 g/mol. The van der Waals surface area contributed by atoms with Crippen molar-refractivity contribution in [3.8, 4) is 0 Å². The van der Waals surface area contributed by atoms with E-state index in [0.717, 1.165) is 12.1 Å². The van der Waals surface area contributed by atoms with E-state index in [-0.39, 0.29) is 47.1 Å². The van der Waals surface area contributed by atoms with Gasteiger partial charge in [-0.3, -0.25) is 9.11 Å². The fraction of sp³-hybridized carbons (Fsp3) is 0.200. The summed E-state index contributed by atoms with van der Waals surface area (Å²) in [6, 6.07) is 12.0. The van der Waals surface area contributed by atoms with Gasteiger partial charge in [0.1, 0.15) is 5.25 Å². The van der Waals surface area contributed by atoms with Gasteiger partial charge in [0.15, 0.2) is 5.37 Å². The third-order valence-corrected chi connectivity index (χ3v) is 6.97. The van der Waals surface area contributed by atoms with E-state index in [1.807, 2.05) is 0 Å². The number of anilines is 1. The van der Waals surface area contributed by atoms with E-state index in [2.05, 4.69) is 5.32 Å². The third kappa shape index (κ3) is 7.62. The number of rotatable bonds is 8. The van der Waals surface area contributed by atoms with Crippen LogP contribution in [0.2, 0.25) is 0 Å². The second-order valence-corrected chi connectivity index (χ2v) is 10.6. The second kappa shape index (κ2) is 9.85. The predicted molar refractivity (Wildman–Crippen MR) is 103 cm³/mol. The van der Waals surface area contributed by atoms with E-state index in [4.69, 9.17) is 5.14 Å². The SMILES string of the molecule is NS(=O)(=O)c1ccc(NC(CC(c2ccccc2)S(=O)(=O)O)S(=O)(=O)O)cc1.[H-].[Na+]. The molecule has 10 nitrogen and oxygen atoms in total. The van der Waals surface area contributed by atoms with Crippen molar-refractivity contribution in [3.63, 3.8) is 0 Å². The summed E-state index contributed by atoms with van der Waals surface area (Å²) in [5.74, 6) is 0. The zero-order chi connectivity index (χ0) is 21.2. The Balaban J connectivity index is 0.00000420. The van der Waals surface area contributed by atoms with Gasteiger partial charge in [0.25, 0.3) is 20.2 Å². The number of benzene rings is 2. The first-order valence-corrected chi connectivity index (χ1v) is 12.2. The zero-order valence-electron chi connectivity index (χ0n) is 16.2. The average molecular weight is 475 g/mol. The first kappa shape index (κ1) is 26.0. The van der Waals surface area contributed by atoms with Gasteiger partial charge in [0.05, 0.1) is 4.90 Å². The van der Waals surface area contributed by atoms with E-state index in [9.17, 15) is 34.4 Å². The Labute approximate surface area is 192 Å². The Morgan fingerprint density at radius 2 is 1.38 bits per heavy atom. The fourth-order valence-corrected chi connectivity index (χ4v) is 4.77. The molecule has 0 saturated heterocycles. The smallest absolute Gasteiger partial charge is 1.00 e. The Kier molecular flexibility index (Phi) is 8.83. The van der Waals surface area contributed by atoms with Crippen LogP contribution in [0.25, 0.3) is 0 Å². The topological polar surface area (TPSA) is 181 Å². The molecule has 2 aromatic rings. The molecule has 0 radical (unpaired) electrons. The molecule has 0 heterocycles. The molecular formula is C15H19N2NaO8S3. The van der Waals surface area contributed by atoms with Gasteiger partial charge in [0, 0.05) is 12.1 Å². The molecule has 2 atom stereocenters. The van der Waals surface area contributed by atoms with Crippen LogP contribution < -0.4 is 40.0 Å². The molecule has 2 aromatic carbocycles. The maximum Gasteiger partial charge on any atom is 1.00 e. The number of hydrogen-bond acceptors (Lipinski definition) is 7. The standard InChI is InChI=1S/C15H18N2O8S3.Na.H/c16-26(18,19)13-8-6-12(7-9-13)17-15(28(23,24)25)10-14(27(20,21)22)11-4-2-1-3-5-11;;/h1-9,14-15,17H,10H2,(H2,16,18,19)(H,20,21,22)(H,23,24,25);;/q;+1;-1. The van der Waals surface area contributed by atoms with Crippen molar-refractivity contribution in [3.05, 3.63) is 60.2 Å². The molecule has 5 N–H and O–H groups in total. The van der Waals surface area contributed by atoms with Crippen LogP contribution in [0.5, 0.6) is 0 Å². The van der Waals surface area contributed by atoms with E-state index in [1.165, 1.54) is 36.4 Å². The van der Waals surface area contributed by atoms with Gasteiger partial charge in [-0.25, -0.2) is 13.6 Å². The van der Waals surface area contributed by atoms with Crippen LogP contribution in [0.15, 0.2) is 59.5 Å². The molecule has 0 aliphatic rings. The van der Waals surface area contributed by atoms with E-state index in [0.29, 0.717) is 0 Å². The molecule has 0 aliphatic heterocycles. The van der Waals surface area contributed by atoms with Gasteiger partial charge >= 0.3 is 29.6 Å². The van der Waals surface area contributed by atoms with Crippen molar-refractivity contribution in [1.29, 1.82) is 0 Å². The zero-order valence-corrected chi connectivity index (χ0v) is 19.7. The van der Waals surface area contributed by atoms with Crippen molar-refractivity contribution >= 4 is 35.9 Å². The molecule has 0 bridgehead atoms. The summed E-state index contributed by atoms with van der Waals surface area (Å²) >= 11 is 0. The maximum absolute atomic E-state index is 11.8. The Morgan fingerprint density at radius 3 is 1.79 bits per heavy atom. The maximum atomic E-state index is 11.8. The van der Waals surface area contributed by atoms with Gasteiger partial charge in [-0.2, -0.15) is 16.8 Å². The normalized spacial score (nSPS) is 14.4. The van der Waals surface area contributed by atoms with Crippen LogP contribution in [0, 0.1) is 0 Å². The van der Waals surface area contributed by atoms with Gasteiger partial charge in [-0.05, 0) is 29.8 Å². The largest absolute Gasteiger partial charge is 1.00 e. The third-order valence-electron chi connectivity index (χ3n) is 3.83. The van der Waals surface area contributed by atoms with E-state index in [1.54, 1.807) is 6.07 Å². The molecule has 29 heavy (non-hydrogen) atoms. The van der Waals surface area contributed by atoms with Gasteiger partial charge in [-0.1, -0.05) is 30.3 Å². The first-order chi connectivity index (χ1) is 12.8. The fourth-order valence-electron chi connectivity index (χ4n) is 2.47. The summed E-state index contributed by atoms with van der Waals surface area (Å²) in [5.41, 5.74) is 0.210. The molecule has 2 unspecified atom stereocenters. The minimum absolute atomic E-state index is 0. The summed E-state index contributed by atoms with van der Waals surface area (Å²) in [6.07, 6.45) is -0.710. The molecule has 156 valence electrons. The average Bonchev–Trinajstić information content (AvgIpc) is 2.57. The van der Waals surface area contributed by atoms with Gasteiger partial charge in [0.2, 0.25) is 10.0 Å². The summed E-state index contributed by atoms with van der Waals surface area (Å²) in [5, 5.41) is 3.96. The van der Waals surface area contributed by atoms with Crippen LogP contribution >= 0.6 is 0 Å². The van der Waals surface area contributed by atoms with Crippen molar-refractivity contribution in [1.82, 2.24) is 0 Å². The van der Waals surface area contributed by atoms with Crippen LogP contribution in [0.1, 0.15) is 18.7 Å². The summed E-state index contributed by atoms with van der Waals surface area (Å²) in [7, 11) is -13.5. The monoisotopic (exact) mass is 474 g/mol. The van der Waals surface area contributed by atoms with E-state index >= 15 is 0 Å². The van der Waals surface area contributed by atoms with Crippen LogP contribution in [-0.2, 0) is 30.3 Å². The Bertz CT molecular complexity index is 1140. The van der Waals surface area contributed by atoms with Crippen LogP contribution in [0.3, 0.4) is 0 Å². The molecule has 0 amide bonds. The van der Waals surface area contributed by atoms with Crippen molar-refractivity contribution in [2.24, 2.45) is 5.14 Å².